The van der Waals surface area contributed by atoms with Gasteiger partial charge in [0, 0.05) is 24.9 Å². The van der Waals surface area contributed by atoms with Crippen molar-refractivity contribution in [3.8, 4) is 0 Å². The van der Waals surface area contributed by atoms with Crippen molar-refractivity contribution in [1.82, 2.24) is 20.2 Å². The second-order valence-corrected chi connectivity index (χ2v) is 9.81. The van der Waals surface area contributed by atoms with Gasteiger partial charge in [-0.1, -0.05) is 60.7 Å². The van der Waals surface area contributed by atoms with Gasteiger partial charge in [-0.05, 0) is 44.9 Å². The average Bonchev–Trinajstić information content (AvgIpc) is 3.41. The van der Waals surface area contributed by atoms with Crippen molar-refractivity contribution in [2.45, 2.75) is 58.0 Å². The second-order valence-electron chi connectivity index (χ2n) is 9.81. The number of benzene rings is 2. The summed E-state index contributed by atoms with van der Waals surface area (Å²) < 4.78 is 18.6. The highest BCUT2D eigenvalue weighted by Crippen LogP contribution is 2.16. The quantitative estimate of drug-likeness (QED) is 0.320. The van der Waals surface area contributed by atoms with Gasteiger partial charge in [0.15, 0.2) is 5.88 Å². The molecule has 1 unspecified atom stereocenters. The molecule has 1 aromatic heterocycles. The summed E-state index contributed by atoms with van der Waals surface area (Å²) in [5, 5.41) is 5.73. The van der Waals surface area contributed by atoms with Gasteiger partial charge in [-0.15, -0.1) is 0 Å². The lowest BCUT2D eigenvalue weighted by Gasteiger charge is -2.28. The number of hydrogen-bond donors (Lipinski definition) is 2. The van der Waals surface area contributed by atoms with Crippen molar-refractivity contribution in [2.75, 3.05) is 6.54 Å². The predicted octanol–water partition coefficient (Wildman–Crippen LogP) is 5.15. The molecule has 202 valence electrons. The lowest BCUT2D eigenvalue weighted by atomic mass is 10.0. The minimum atomic E-state index is -0.642. The summed E-state index contributed by atoms with van der Waals surface area (Å²) in [6.07, 6.45) is 4.15. The largest absolute Gasteiger partial charge is 0.474 e. The topological polar surface area (TPSA) is 104 Å². The van der Waals surface area contributed by atoms with Crippen LogP contribution in [0, 0.1) is 0 Å². The second kappa shape index (κ2) is 13.9. The van der Waals surface area contributed by atoms with Crippen LogP contribution in [0.25, 0.3) is 5.88 Å². The number of aromatic nitrogens is 2. The molecular formula is C29H36N4O5. The van der Waals surface area contributed by atoms with E-state index in [0.29, 0.717) is 18.7 Å². The van der Waals surface area contributed by atoms with Gasteiger partial charge in [-0.2, -0.15) is 0 Å². The molecule has 0 radical (unpaired) electrons. The number of nitrogens with zero attached hydrogens (tertiary/aromatic N) is 2. The summed E-state index contributed by atoms with van der Waals surface area (Å²) in [6.45, 7) is 9.69. The fourth-order valence-corrected chi connectivity index (χ4v) is 3.69. The van der Waals surface area contributed by atoms with E-state index in [1.807, 2.05) is 81.4 Å². The highest BCUT2D eigenvalue weighted by molar-refractivity contribution is 5.68. The zero-order chi connectivity index (χ0) is 27.4. The van der Waals surface area contributed by atoms with Crippen molar-refractivity contribution in [2.24, 2.45) is 0 Å². The van der Waals surface area contributed by atoms with Gasteiger partial charge in [0.2, 0.25) is 0 Å². The minimum Gasteiger partial charge on any atom is -0.474 e. The summed E-state index contributed by atoms with van der Waals surface area (Å²) in [6, 6.07) is 18.9. The molecule has 0 saturated heterocycles. The molecule has 2 atom stereocenters. The van der Waals surface area contributed by atoms with Crippen molar-refractivity contribution in [3.05, 3.63) is 97.1 Å². The van der Waals surface area contributed by atoms with E-state index in [0.717, 1.165) is 11.1 Å². The van der Waals surface area contributed by atoms with Crippen LogP contribution >= 0.6 is 0 Å². The minimum absolute atomic E-state index is 0.128. The zero-order valence-electron chi connectivity index (χ0n) is 22.1. The van der Waals surface area contributed by atoms with E-state index in [2.05, 4.69) is 22.2 Å². The molecule has 3 aromatic rings. The standard InChI is InChI=1S/C29H36N4O5/c1-22(33-16-15-30-21-33)37-26(19-31-27(34)36-20-24-13-9-6-10-14-24)18-25(17-23-11-7-5-8-12-23)32-28(35)38-29(2,3)4/h5-16,21,25-26H,1,17-20H2,2-4H3,(H,31,34)(H,32,35)/t25-,26?/m0/s1. The Morgan fingerprint density at radius 2 is 1.66 bits per heavy atom. The number of carbonyl (C=O) groups excluding carboxylic acids is 2. The third-order valence-corrected chi connectivity index (χ3v) is 5.38. The molecule has 0 fully saturated rings. The van der Waals surface area contributed by atoms with Gasteiger partial charge in [-0.25, -0.2) is 14.6 Å². The van der Waals surface area contributed by atoms with Crippen LogP contribution in [0.1, 0.15) is 38.3 Å². The van der Waals surface area contributed by atoms with Crippen molar-refractivity contribution in [3.63, 3.8) is 0 Å². The van der Waals surface area contributed by atoms with E-state index >= 15 is 0 Å². The van der Waals surface area contributed by atoms with Crippen LogP contribution in [0.15, 0.2) is 86.0 Å². The van der Waals surface area contributed by atoms with E-state index in [1.165, 1.54) is 0 Å². The monoisotopic (exact) mass is 520 g/mol. The first-order valence-corrected chi connectivity index (χ1v) is 12.5. The van der Waals surface area contributed by atoms with E-state index in [1.54, 1.807) is 23.3 Å². The highest BCUT2D eigenvalue weighted by Gasteiger charge is 2.25. The molecule has 9 nitrogen and oxygen atoms in total. The van der Waals surface area contributed by atoms with Gasteiger partial charge in [0.25, 0.3) is 0 Å². The molecule has 0 bridgehead atoms. The molecule has 9 heteroatoms. The molecule has 2 aromatic carbocycles. The summed E-state index contributed by atoms with van der Waals surface area (Å²) >= 11 is 0. The highest BCUT2D eigenvalue weighted by atomic mass is 16.6. The number of carbonyl (C=O) groups is 2. The number of rotatable bonds is 12. The predicted molar refractivity (Wildman–Crippen MR) is 145 cm³/mol. The van der Waals surface area contributed by atoms with Crippen LogP contribution in [-0.4, -0.2) is 46.0 Å². The fraction of sp³-hybridized carbons (Fsp3) is 0.345. The van der Waals surface area contributed by atoms with Crippen LogP contribution in [-0.2, 0) is 27.2 Å². The maximum absolute atomic E-state index is 12.6. The first-order valence-electron chi connectivity index (χ1n) is 12.5. The molecule has 38 heavy (non-hydrogen) atoms. The van der Waals surface area contributed by atoms with Gasteiger partial charge < -0.3 is 24.8 Å². The Kier molecular flexibility index (Phi) is 10.3. The summed E-state index contributed by atoms with van der Waals surface area (Å²) in [4.78, 5) is 29.1. The lowest BCUT2D eigenvalue weighted by molar-refractivity contribution is 0.0478. The first kappa shape index (κ1) is 28.3. The van der Waals surface area contributed by atoms with Gasteiger partial charge in [0.1, 0.15) is 24.6 Å². The summed E-state index contributed by atoms with van der Waals surface area (Å²) in [7, 11) is 0. The number of amides is 2. The van der Waals surface area contributed by atoms with Crippen molar-refractivity contribution in [1.29, 1.82) is 0 Å². The van der Waals surface area contributed by atoms with E-state index in [4.69, 9.17) is 14.2 Å². The first-order chi connectivity index (χ1) is 18.2. The summed E-state index contributed by atoms with van der Waals surface area (Å²) in [5.74, 6) is 0.336. The number of ether oxygens (including phenoxy) is 3. The van der Waals surface area contributed by atoms with Crippen LogP contribution in [0.4, 0.5) is 9.59 Å². The van der Waals surface area contributed by atoms with Crippen LogP contribution in [0.2, 0.25) is 0 Å². The molecule has 0 aliphatic carbocycles. The van der Waals surface area contributed by atoms with Crippen LogP contribution < -0.4 is 10.6 Å². The smallest absolute Gasteiger partial charge is 0.407 e. The van der Waals surface area contributed by atoms with Crippen molar-refractivity contribution < 1.29 is 23.8 Å². The Morgan fingerprint density at radius 3 is 2.26 bits per heavy atom. The summed E-state index contributed by atoms with van der Waals surface area (Å²) in [5.41, 5.74) is 1.28. The number of hydrogen-bond acceptors (Lipinski definition) is 6. The molecule has 3 rings (SSSR count). The number of imidazole rings is 1. The Morgan fingerprint density at radius 1 is 1.00 bits per heavy atom. The average molecular weight is 521 g/mol. The van der Waals surface area contributed by atoms with E-state index < -0.39 is 23.9 Å². The third-order valence-electron chi connectivity index (χ3n) is 5.38. The molecule has 0 aliphatic heterocycles. The van der Waals surface area contributed by atoms with Crippen LogP contribution in [0.5, 0.6) is 0 Å². The number of alkyl carbamates (subject to hydrolysis) is 2. The molecule has 0 spiro atoms. The Labute approximate surface area is 223 Å². The van der Waals surface area contributed by atoms with E-state index in [9.17, 15) is 9.59 Å². The molecule has 1 heterocycles. The SMILES string of the molecule is C=C(OC(CNC(=O)OCc1ccccc1)C[C@H](Cc1ccccc1)NC(=O)OC(C)(C)C)n1ccnc1. The van der Waals surface area contributed by atoms with Crippen LogP contribution in [0.3, 0.4) is 0 Å². The molecule has 2 amide bonds. The van der Waals surface area contributed by atoms with Gasteiger partial charge >= 0.3 is 12.2 Å². The Hall–Kier alpha value is -4.27. The van der Waals surface area contributed by atoms with Gasteiger partial charge in [-0.3, -0.25) is 4.57 Å². The molecule has 0 saturated carbocycles. The van der Waals surface area contributed by atoms with E-state index in [-0.39, 0.29) is 19.2 Å². The fourth-order valence-electron chi connectivity index (χ4n) is 3.69. The maximum atomic E-state index is 12.6. The Bertz CT molecular complexity index is 1140. The zero-order valence-corrected chi connectivity index (χ0v) is 22.1. The number of nitrogens with one attached hydrogen (secondary N) is 2. The third kappa shape index (κ3) is 10.4. The van der Waals surface area contributed by atoms with Gasteiger partial charge in [0.05, 0.1) is 6.54 Å². The molecular weight excluding hydrogens is 484 g/mol. The normalized spacial score (nSPS) is 12.6. The van der Waals surface area contributed by atoms with Crippen molar-refractivity contribution >= 4 is 18.1 Å². The maximum Gasteiger partial charge on any atom is 0.407 e. The Balaban J connectivity index is 1.69. The lowest BCUT2D eigenvalue weighted by Crippen LogP contribution is -2.44. The molecule has 0 aliphatic rings. The molecule has 2 N–H and O–H groups in total.